The maximum absolute atomic E-state index is 12.5. The monoisotopic (exact) mass is 361 g/mol. The second kappa shape index (κ2) is 8.31. The fourth-order valence-electron chi connectivity index (χ4n) is 2.89. The number of piperazine rings is 1. The van der Waals surface area contributed by atoms with Gasteiger partial charge in [-0.25, -0.2) is 4.98 Å². The lowest BCUT2D eigenvalue weighted by atomic mass is 10.2. The molecule has 0 unspecified atom stereocenters. The lowest BCUT2D eigenvalue weighted by molar-refractivity contribution is -0.130. The van der Waals surface area contributed by atoms with Crippen LogP contribution in [0.2, 0.25) is 0 Å². The van der Waals surface area contributed by atoms with Gasteiger partial charge in [-0.3, -0.25) is 4.79 Å². The van der Waals surface area contributed by atoms with Crippen LogP contribution in [-0.2, 0) is 22.6 Å². The summed E-state index contributed by atoms with van der Waals surface area (Å²) in [6.07, 6.45) is 0.364. The van der Waals surface area contributed by atoms with Crippen molar-refractivity contribution < 1.29 is 14.3 Å². The van der Waals surface area contributed by atoms with E-state index in [9.17, 15) is 4.79 Å². The first-order valence-electron chi connectivity index (χ1n) is 8.28. The lowest BCUT2D eigenvalue weighted by Gasteiger charge is -2.36. The summed E-state index contributed by atoms with van der Waals surface area (Å²) in [6, 6.07) is 8.05. The molecule has 0 radical (unpaired) electrons. The summed E-state index contributed by atoms with van der Waals surface area (Å²) in [5.41, 5.74) is 2.00. The number of anilines is 1. The van der Waals surface area contributed by atoms with Crippen molar-refractivity contribution >= 4 is 22.9 Å². The topological polar surface area (TPSA) is 54.9 Å². The predicted molar refractivity (Wildman–Crippen MR) is 98.3 cm³/mol. The highest BCUT2D eigenvalue weighted by Crippen LogP contribution is 2.21. The number of hydrogen-bond donors (Lipinski definition) is 0. The Kier molecular flexibility index (Phi) is 5.88. The van der Waals surface area contributed by atoms with Crippen molar-refractivity contribution in [2.24, 2.45) is 0 Å². The van der Waals surface area contributed by atoms with Gasteiger partial charge in [0.15, 0.2) is 0 Å². The van der Waals surface area contributed by atoms with Crippen molar-refractivity contribution in [1.82, 2.24) is 9.88 Å². The smallest absolute Gasteiger partial charge is 0.228 e. The lowest BCUT2D eigenvalue weighted by Crippen LogP contribution is -2.49. The predicted octanol–water partition coefficient (Wildman–Crippen LogP) is 2.19. The number of rotatable bonds is 6. The number of benzene rings is 1. The SMILES string of the molecule is COCc1nc(CC(=O)N2CCN(c3ccc(OC)cc3)CC2)cs1. The molecule has 0 saturated carbocycles. The zero-order chi connectivity index (χ0) is 17.6. The zero-order valence-electron chi connectivity index (χ0n) is 14.6. The highest BCUT2D eigenvalue weighted by Gasteiger charge is 2.22. The Labute approximate surface area is 152 Å². The molecule has 0 spiro atoms. The zero-order valence-corrected chi connectivity index (χ0v) is 15.4. The Morgan fingerprint density at radius 3 is 2.52 bits per heavy atom. The van der Waals surface area contributed by atoms with E-state index in [1.807, 2.05) is 22.4 Å². The molecule has 1 saturated heterocycles. The van der Waals surface area contributed by atoms with Crippen molar-refractivity contribution in [2.45, 2.75) is 13.0 Å². The molecule has 1 aliphatic rings. The van der Waals surface area contributed by atoms with Crippen LogP contribution in [0.15, 0.2) is 29.6 Å². The van der Waals surface area contributed by atoms with Crippen molar-refractivity contribution in [3.05, 3.63) is 40.3 Å². The van der Waals surface area contributed by atoms with Gasteiger partial charge in [-0.15, -0.1) is 11.3 Å². The molecular weight excluding hydrogens is 338 g/mol. The van der Waals surface area contributed by atoms with Gasteiger partial charge in [-0.2, -0.15) is 0 Å². The van der Waals surface area contributed by atoms with Gasteiger partial charge < -0.3 is 19.3 Å². The van der Waals surface area contributed by atoms with Crippen molar-refractivity contribution in [2.75, 3.05) is 45.3 Å². The second-order valence-corrected chi connectivity index (χ2v) is 6.85. The quantitative estimate of drug-likeness (QED) is 0.789. The van der Waals surface area contributed by atoms with Crippen molar-refractivity contribution in [1.29, 1.82) is 0 Å². The van der Waals surface area contributed by atoms with Crippen LogP contribution >= 0.6 is 11.3 Å². The molecule has 1 fully saturated rings. The van der Waals surface area contributed by atoms with Crippen LogP contribution in [0.1, 0.15) is 10.7 Å². The number of carbonyl (C=O) groups excluding carboxylic acids is 1. The summed E-state index contributed by atoms with van der Waals surface area (Å²) in [5, 5.41) is 2.86. The number of nitrogens with zero attached hydrogens (tertiary/aromatic N) is 3. The van der Waals surface area contributed by atoms with Crippen molar-refractivity contribution in [3.63, 3.8) is 0 Å². The number of aromatic nitrogens is 1. The van der Waals surface area contributed by atoms with E-state index < -0.39 is 0 Å². The normalized spacial score (nSPS) is 14.6. The number of amides is 1. The standard InChI is InChI=1S/C18H23N3O3S/c1-23-12-17-19-14(13-25-17)11-18(22)21-9-7-20(8-10-21)15-3-5-16(24-2)6-4-15/h3-6,13H,7-12H2,1-2H3. The minimum atomic E-state index is 0.142. The van der Waals surface area contributed by atoms with Gasteiger partial charge in [-0.1, -0.05) is 0 Å². The van der Waals surface area contributed by atoms with Gasteiger partial charge >= 0.3 is 0 Å². The van der Waals surface area contributed by atoms with Crippen LogP contribution < -0.4 is 9.64 Å². The van der Waals surface area contributed by atoms with Crippen molar-refractivity contribution in [3.8, 4) is 5.75 Å². The molecule has 1 aromatic carbocycles. The highest BCUT2D eigenvalue weighted by atomic mass is 32.1. The third kappa shape index (κ3) is 4.49. The Bertz CT molecular complexity index is 694. The van der Waals surface area contributed by atoms with E-state index in [0.717, 1.165) is 48.3 Å². The number of ether oxygens (including phenoxy) is 2. The van der Waals surface area contributed by atoms with E-state index >= 15 is 0 Å². The van der Waals surface area contributed by atoms with E-state index in [2.05, 4.69) is 22.0 Å². The summed E-state index contributed by atoms with van der Waals surface area (Å²) >= 11 is 1.54. The third-order valence-corrected chi connectivity index (χ3v) is 5.14. The maximum atomic E-state index is 12.5. The van der Waals surface area contributed by atoms with E-state index in [1.54, 1.807) is 14.2 Å². The molecule has 2 aromatic rings. The summed E-state index contributed by atoms with van der Waals surface area (Å²) in [4.78, 5) is 21.1. The molecule has 7 heteroatoms. The van der Waals surface area contributed by atoms with Gasteiger partial charge in [0.25, 0.3) is 0 Å². The molecule has 0 bridgehead atoms. The number of carbonyl (C=O) groups is 1. The molecule has 3 rings (SSSR count). The maximum Gasteiger partial charge on any atom is 0.228 e. The van der Waals surface area contributed by atoms with E-state index in [0.29, 0.717) is 13.0 Å². The fourth-order valence-corrected chi connectivity index (χ4v) is 3.66. The van der Waals surface area contributed by atoms with Crippen LogP contribution in [0.4, 0.5) is 5.69 Å². The summed E-state index contributed by atoms with van der Waals surface area (Å²) in [7, 11) is 3.31. The molecule has 6 nitrogen and oxygen atoms in total. The van der Waals surface area contributed by atoms with Crippen LogP contribution in [0.3, 0.4) is 0 Å². The molecular formula is C18H23N3O3S. The first-order valence-corrected chi connectivity index (χ1v) is 9.16. The van der Waals surface area contributed by atoms with Crippen LogP contribution in [0.5, 0.6) is 5.75 Å². The molecule has 1 aromatic heterocycles. The summed E-state index contributed by atoms with van der Waals surface area (Å²) in [5.74, 6) is 0.998. The Balaban J connectivity index is 1.51. The molecule has 25 heavy (non-hydrogen) atoms. The fraction of sp³-hybridized carbons (Fsp3) is 0.444. The second-order valence-electron chi connectivity index (χ2n) is 5.91. The third-order valence-electron chi connectivity index (χ3n) is 4.27. The first kappa shape index (κ1) is 17.7. The minimum Gasteiger partial charge on any atom is -0.497 e. The Morgan fingerprint density at radius 2 is 1.88 bits per heavy atom. The van der Waals surface area contributed by atoms with E-state index in [1.165, 1.54) is 11.3 Å². The molecule has 0 N–H and O–H groups in total. The van der Waals surface area contributed by atoms with Crippen LogP contribution in [-0.4, -0.2) is 56.2 Å². The molecule has 0 atom stereocenters. The minimum absolute atomic E-state index is 0.142. The highest BCUT2D eigenvalue weighted by molar-refractivity contribution is 7.09. The number of thiazole rings is 1. The molecule has 0 aliphatic carbocycles. The van der Waals surface area contributed by atoms with Gasteiger partial charge in [0.1, 0.15) is 10.8 Å². The van der Waals surface area contributed by atoms with Gasteiger partial charge in [0.05, 0.1) is 25.8 Å². The molecule has 1 amide bonds. The number of hydrogen-bond acceptors (Lipinski definition) is 6. The van der Waals surface area contributed by atoms with Gasteiger partial charge in [-0.05, 0) is 24.3 Å². The summed E-state index contributed by atoms with van der Waals surface area (Å²) < 4.78 is 10.3. The largest absolute Gasteiger partial charge is 0.497 e. The average molecular weight is 361 g/mol. The van der Waals surface area contributed by atoms with Crippen LogP contribution in [0, 0.1) is 0 Å². The molecule has 1 aliphatic heterocycles. The first-order chi connectivity index (χ1) is 12.2. The molecule has 2 heterocycles. The average Bonchev–Trinajstić information content (AvgIpc) is 3.09. The Morgan fingerprint density at radius 1 is 1.16 bits per heavy atom. The van der Waals surface area contributed by atoms with E-state index in [-0.39, 0.29) is 5.91 Å². The Hall–Kier alpha value is -2.12. The van der Waals surface area contributed by atoms with Gasteiger partial charge in [0.2, 0.25) is 5.91 Å². The van der Waals surface area contributed by atoms with Gasteiger partial charge in [0, 0.05) is 44.4 Å². The molecule has 134 valence electrons. The number of methoxy groups -OCH3 is 2. The van der Waals surface area contributed by atoms with E-state index in [4.69, 9.17) is 9.47 Å². The van der Waals surface area contributed by atoms with Crippen LogP contribution in [0.25, 0.3) is 0 Å². The summed E-state index contributed by atoms with van der Waals surface area (Å²) in [6.45, 7) is 3.65.